The molecule has 0 amide bonds. The third kappa shape index (κ3) is 3.74. The van der Waals surface area contributed by atoms with Gasteiger partial charge in [-0.25, -0.2) is 0 Å². The van der Waals surface area contributed by atoms with E-state index in [0.717, 1.165) is 19.1 Å². The highest BCUT2D eigenvalue weighted by atomic mass is 16.5. The number of hydrogen-bond acceptors (Lipinski definition) is 2. The average Bonchev–Trinajstić information content (AvgIpc) is 2.59. The van der Waals surface area contributed by atoms with Gasteiger partial charge in [0.25, 0.3) is 0 Å². The molecule has 2 unspecified atom stereocenters. The zero-order valence-corrected chi connectivity index (χ0v) is 10.7. The monoisotopic (exact) mass is 225 g/mol. The number of nitrogens with one attached hydrogen (secondary N) is 1. The van der Waals surface area contributed by atoms with Crippen molar-refractivity contribution in [2.75, 3.05) is 13.2 Å². The molecule has 2 aliphatic rings. The molecule has 0 aromatic heterocycles. The average molecular weight is 225 g/mol. The van der Waals surface area contributed by atoms with Gasteiger partial charge in [-0.15, -0.1) is 0 Å². The third-order valence-corrected chi connectivity index (χ3v) is 4.31. The van der Waals surface area contributed by atoms with Crippen LogP contribution in [0.25, 0.3) is 0 Å². The Labute approximate surface area is 100 Å². The summed E-state index contributed by atoms with van der Waals surface area (Å²) in [6.45, 7) is 4.31. The van der Waals surface area contributed by atoms with Crippen molar-refractivity contribution in [3.8, 4) is 0 Å². The third-order valence-electron chi connectivity index (χ3n) is 4.31. The Morgan fingerprint density at radius 1 is 0.938 bits per heavy atom. The van der Waals surface area contributed by atoms with Crippen LogP contribution < -0.4 is 5.32 Å². The van der Waals surface area contributed by atoms with E-state index in [2.05, 4.69) is 12.2 Å². The summed E-state index contributed by atoms with van der Waals surface area (Å²) in [5, 5.41) is 3.85. The summed E-state index contributed by atoms with van der Waals surface area (Å²) in [6.07, 6.45) is 11.0. The lowest BCUT2D eigenvalue weighted by Gasteiger charge is -2.31. The van der Waals surface area contributed by atoms with Gasteiger partial charge >= 0.3 is 0 Å². The van der Waals surface area contributed by atoms with Crippen LogP contribution in [-0.2, 0) is 4.74 Å². The summed E-state index contributed by atoms with van der Waals surface area (Å²) < 4.78 is 5.51. The molecule has 0 spiro atoms. The van der Waals surface area contributed by atoms with Gasteiger partial charge in [-0.3, -0.25) is 0 Å². The summed E-state index contributed by atoms with van der Waals surface area (Å²) in [5.41, 5.74) is 0. The Morgan fingerprint density at radius 3 is 2.56 bits per heavy atom. The largest absolute Gasteiger partial charge is 0.381 e. The SMILES string of the molecule is CC(NC1CCCOCC1)C1CCCCC1. The second-order valence-corrected chi connectivity index (χ2v) is 5.59. The highest BCUT2D eigenvalue weighted by Gasteiger charge is 2.22. The van der Waals surface area contributed by atoms with Crippen LogP contribution in [0.3, 0.4) is 0 Å². The van der Waals surface area contributed by atoms with Crippen LogP contribution in [-0.4, -0.2) is 25.3 Å². The first-order valence-electron chi connectivity index (χ1n) is 7.20. The van der Waals surface area contributed by atoms with E-state index in [9.17, 15) is 0 Å². The van der Waals surface area contributed by atoms with E-state index in [1.807, 2.05) is 0 Å². The standard InChI is InChI=1S/C14H27NO/c1-12(13-6-3-2-4-7-13)15-14-8-5-10-16-11-9-14/h12-15H,2-11H2,1H3. The first-order valence-corrected chi connectivity index (χ1v) is 7.20. The van der Waals surface area contributed by atoms with Crippen LogP contribution in [0.2, 0.25) is 0 Å². The summed E-state index contributed by atoms with van der Waals surface area (Å²) >= 11 is 0. The molecule has 2 atom stereocenters. The number of rotatable bonds is 3. The van der Waals surface area contributed by atoms with Crippen LogP contribution in [0.4, 0.5) is 0 Å². The topological polar surface area (TPSA) is 21.3 Å². The molecule has 2 nitrogen and oxygen atoms in total. The normalized spacial score (nSPS) is 30.9. The maximum atomic E-state index is 5.51. The molecule has 1 heterocycles. The van der Waals surface area contributed by atoms with Gasteiger partial charge in [-0.1, -0.05) is 19.3 Å². The lowest BCUT2D eigenvalue weighted by atomic mass is 9.84. The molecule has 94 valence electrons. The summed E-state index contributed by atoms with van der Waals surface area (Å²) in [4.78, 5) is 0. The predicted octanol–water partition coefficient (Wildman–Crippen LogP) is 3.11. The molecule has 0 aromatic carbocycles. The fraction of sp³-hybridized carbons (Fsp3) is 1.00. The van der Waals surface area contributed by atoms with Crippen molar-refractivity contribution in [3.63, 3.8) is 0 Å². The molecule has 2 fully saturated rings. The number of ether oxygens (including phenoxy) is 1. The Kier molecular flexibility index (Phi) is 5.11. The number of hydrogen-bond donors (Lipinski definition) is 1. The molecular formula is C14H27NO. The molecule has 2 heteroatoms. The molecule has 1 aliphatic carbocycles. The summed E-state index contributed by atoms with van der Waals surface area (Å²) in [6, 6.07) is 1.42. The van der Waals surface area contributed by atoms with Crippen LogP contribution in [0.5, 0.6) is 0 Å². The van der Waals surface area contributed by atoms with Crippen LogP contribution in [0.1, 0.15) is 58.3 Å². The summed E-state index contributed by atoms with van der Waals surface area (Å²) in [5.74, 6) is 0.929. The van der Waals surface area contributed by atoms with Crippen molar-refractivity contribution in [2.24, 2.45) is 5.92 Å². The van der Waals surface area contributed by atoms with Gasteiger partial charge in [0.2, 0.25) is 0 Å². The van der Waals surface area contributed by atoms with E-state index >= 15 is 0 Å². The van der Waals surface area contributed by atoms with Gasteiger partial charge in [-0.2, -0.15) is 0 Å². The minimum Gasteiger partial charge on any atom is -0.381 e. The van der Waals surface area contributed by atoms with E-state index in [0.29, 0.717) is 12.1 Å². The molecular weight excluding hydrogens is 198 g/mol. The highest BCUT2D eigenvalue weighted by Crippen LogP contribution is 2.27. The van der Waals surface area contributed by atoms with Gasteiger partial charge in [0.05, 0.1) is 0 Å². The van der Waals surface area contributed by atoms with Crippen LogP contribution in [0.15, 0.2) is 0 Å². The minimum absolute atomic E-state index is 0.708. The molecule has 2 rings (SSSR count). The second kappa shape index (κ2) is 6.61. The lowest BCUT2D eigenvalue weighted by Crippen LogP contribution is -2.41. The Bertz CT molecular complexity index is 181. The minimum atomic E-state index is 0.708. The van der Waals surface area contributed by atoms with Crippen molar-refractivity contribution >= 4 is 0 Å². The van der Waals surface area contributed by atoms with Gasteiger partial charge in [-0.05, 0) is 44.9 Å². The Hall–Kier alpha value is -0.0800. The Morgan fingerprint density at radius 2 is 1.75 bits per heavy atom. The lowest BCUT2D eigenvalue weighted by molar-refractivity contribution is 0.141. The molecule has 1 aliphatic heterocycles. The predicted molar refractivity (Wildman–Crippen MR) is 67.6 cm³/mol. The van der Waals surface area contributed by atoms with Gasteiger partial charge < -0.3 is 10.1 Å². The fourth-order valence-electron chi connectivity index (χ4n) is 3.21. The van der Waals surface area contributed by atoms with Crippen molar-refractivity contribution in [2.45, 2.75) is 70.4 Å². The zero-order chi connectivity index (χ0) is 11.2. The maximum Gasteiger partial charge on any atom is 0.0480 e. The quantitative estimate of drug-likeness (QED) is 0.797. The van der Waals surface area contributed by atoms with Crippen molar-refractivity contribution in [1.29, 1.82) is 0 Å². The smallest absolute Gasteiger partial charge is 0.0480 e. The van der Waals surface area contributed by atoms with Crippen LogP contribution in [0, 0.1) is 5.92 Å². The van der Waals surface area contributed by atoms with E-state index in [-0.39, 0.29) is 0 Å². The highest BCUT2D eigenvalue weighted by molar-refractivity contribution is 4.80. The molecule has 1 saturated carbocycles. The first-order chi connectivity index (χ1) is 7.86. The van der Waals surface area contributed by atoms with E-state index < -0.39 is 0 Å². The molecule has 0 radical (unpaired) electrons. The van der Waals surface area contributed by atoms with Crippen molar-refractivity contribution < 1.29 is 4.74 Å². The van der Waals surface area contributed by atoms with Gasteiger partial charge in [0, 0.05) is 25.3 Å². The van der Waals surface area contributed by atoms with Crippen molar-refractivity contribution in [3.05, 3.63) is 0 Å². The van der Waals surface area contributed by atoms with E-state index in [4.69, 9.17) is 4.74 Å². The van der Waals surface area contributed by atoms with Gasteiger partial charge in [0.1, 0.15) is 0 Å². The molecule has 0 aromatic rings. The Balaban J connectivity index is 1.73. The molecule has 1 N–H and O–H groups in total. The van der Waals surface area contributed by atoms with Gasteiger partial charge in [0.15, 0.2) is 0 Å². The zero-order valence-electron chi connectivity index (χ0n) is 10.7. The van der Waals surface area contributed by atoms with Crippen LogP contribution >= 0.6 is 0 Å². The molecule has 0 bridgehead atoms. The van der Waals surface area contributed by atoms with E-state index in [1.165, 1.54) is 51.4 Å². The summed E-state index contributed by atoms with van der Waals surface area (Å²) in [7, 11) is 0. The molecule has 1 saturated heterocycles. The second-order valence-electron chi connectivity index (χ2n) is 5.59. The van der Waals surface area contributed by atoms with Crippen molar-refractivity contribution in [1.82, 2.24) is 5.32 Å². The van der Waals surface area contributed by atoms with E-state index in [1.54, 1.807) is 0 Å². The first kappa shape index (κ1) is 12.4. The maximum absolute atomic E-state index is 5.51. The fourth-order valence-corrected chi connectivity index (χ4v) is 3.21. The molecule has 16 heavy (non-hydrogen) atoms.